The molecule has 1 heterocycles. The minimum absolute atomic E-state index is 0.0511. The van der Waals surface area contributed by atoms with Gasteiger partial charge in [0.15, 0.2) is 11.3 Å². The van der Waals surface area contributed by atoms with Gasteiger partial charge in [-0.1, -0.05) is 24.3 Å². The number of carbonyl (C=O) groups is 2. The summed E-state index contributed by atoms with van der Waals surface area (Å²) in [7, 11) is 3.16. The highest BCUT2D eigenvalue weighted by molar-refractivity contribution is 5.98. The van der Waals surface area contributed by atoms with E-state index < -0.39 is 0 Å². The van der Waals surface area contributed by atoms with Crippen LogP contribution < -0.4 is 10.1 Å². The number of ether oxygens (including phenoxy) is 1. The Balaban J connectivity index is 1.63. The maximum atomic E-state index is 12.4. The number of methoxy groups -OCH3 is 1. The van der Waals surface area contributed by atoms with E-state index in [9.17, 15) is 9.59 Å². The first-order valence-corrected chi connectivity index (χ1v) is 9.25. The summed E-state index contributed by atoms with van der Waals surface area (Å²) in [5, 5.41) is 3.74. The van der Waals surface area contributed by atoms with Crippen molar-refractivity contribution >= 4 is 34.5 Å². The summed E-state index contributed by atoms with van der Waals surface area (Å²) in [5.41, 5.74) is 3.48. The summed E-state index contributed by atoms with van der Waals surface area (Å²) >= 11 is 0. The number of hydrogen-bond donors (Lipinski definition) is 1. The summed E-state index contributed by atoms with van der Waals surface area (Å²) in [6, 6.07) is 13.1. The molecule has 0 bridgehead atoms. The molecular formula is C23H24N2O4. The third kappa shape index (κ3) is 4.66. The SMILES string of the molecule is COc1cccc2cc(/C=C/C(=O)N(C)CC(=O)Nc3cccc(C)c3C)oc12. The molecule has 0 radical (unpaired) electrons. The molecule has 0 atom stereocenters. The Morgan fingerprint density at radius 3 is 2.69 bits per heavy atom. The van der Waals surface area contributed by atoms with E-state index in [2.05, 4.69) is 5.32 Å². The third-order valence-corrected chi connectivity index (χ3v) is 4.77. The maximum Gasteiger partial charge on any atom is 0.246 e. The van der Waals surface area contributed by atoms with Crippen molar-refractivity contribution in [1.82, 2.24) is 4.90 Å². The maximum absolute atomic E-state index is 12.4. The van der Waals surface area contributed by atoms with Crippen molar-refractivity contribution < 1.29 is 18.7 Å². The predicted octanol–water partition coefficient (Wildman–Crippen LogP) is 4.17. The zero-order valence-electron chi connectivity index (χ0n) is 17.0. The first kappa shape index (κ1) is 20.2. The van der Waals surface area contributed by atoms with Crippen LogP contribution in [-0.4, -0.2) is 37.4 Å². The van der Waals surface area contributed by atoms with E-state index in [-0.39, 0.29) is 18.4 Å². The molecule has 0 aliphatic rings. The number of hydrogen-bond acceptors (Lipinski definition) is 4. The van der Waals surface area contributed by atoms with Crippen molar-refractivity contribution in [2.24, 2.45) is 0 Å². The molecule has 6 nitrogen and oxygen atoms in total. The quantitative estimate of drug-likeness (QED) is 0.639. The Morgan fingerprint density at radius 2 is 1.93 bits per heavy atom. The molecular weight excluding hydrogens is 368 g/mol. The Labute approximate surface area is 169 Å². The molecule has 3 rings (SSSR count). The normalized spacial score (nSPS) is 11.0. The average molecular weight is 392 g/mol. The van der Waals surface area contributed by atoms with Gasteiger partial charge in [0.1, 0.15) is 5.76 Å². The lowest BCUT2D eigenvalue weighted by molar-refractivity contribution is -0.129. The smallest absolute Gasteiger partial charge is 0.246 e. The number of aryl methyl sites for hydroxylation is 1. The standard InChI is InChI=1S/C23H24N2O4/c1-15-7-5-9-19(16(15)2)24-21(26)14-25(3)22(27)12-11-18-13-17-8-6-10-20(28-4)23(17)29-18/h5-13H,14H2,1-4H3,(H,24,26)/b12-11+. The number of nitrogens with one attached hydrogen (secondary N) is 1. The lowest BCUT2D eigenvalue weighted by atomic mass is 10.1. The number of amides is 2. The molecule has 3 aromatic rings. The number of likely N-dealkylation sites (N-methyl/N-ethyl adjacent to an activating group) is 1. The fraction of sp³-hybridized carbons (Fsp3) is 0.217. The zero-order chi connectivity index (χ0) is 21.0. The van der Waals surface area contributed by atoms with Gasteiger partial charge in [0.25, 0.3) is 0 Å². The Morgan fingerprint density at radius 1 is 1.17 bits per heavy atom. The minimum atomic E-state index is -0.298. The highest BCUT2D eigenvalue weighted by Gasteiger charge is 2.13. The Bertz CT molecular complexity index is 1080. The van der Waals surface area contributed by atoms with Gasteiger partial charge in [0.05, 0.1) is 13.7 Å². The first-order valence-electron chi connectivity index (χ1n) is 9.25. The summed E-state index contributed by atoms with van der Waals surface area (Å²) in [5.74, 6) is 0.616. The number of fused-ring (bicyclic) bond motifs is 1. The van der Waals surface area contributed by atoms with E-state index in [0.29, 0.717) is 17.1 Å². The Kier molecular flexibility index (Phi) is 6.02. The topological polar surface area (TPSA) is 71.8 Å². The average Bonchev–Trinajstić information content (AvgIpc) is 3.12. The first-order chi connectivity index (χ1) is 13.9. The summed E-state index contributed by atoms with van der Waals surface area (Å²) in [4.78, 5) is 26.0. The van der Waals surface area contributed by atoms with E-state index in [1.807, 2.05) is 56.3 Å². The van der Waals surface area contributed by atoms with E-state index in [0.717, 1.165) is 22.2 Å². The van der Waals surface area contributed by atoms with Gasteiger partial charge in [-0.2, -0.15) is 0 Å². The van der Waals surface area contributed by atoms with Crippen molar-refractivity contribution in [3.63, 3.8) is 0 Å². The predicted molar refractivity (Wildman–Crippen MR) is 114 cm³/mol. The molecule has 0 aliphatic carbocycles. The summed E-state index contributed by atoms with van der Waals surface area (Å²) in [6.45, 7) is 3.88. The van der Waals surface area contributed by atoms with Crippen LogP contribution in [0.4, 0.5) is 5.69 Å². The number of anilines is 1. The third-order valence-electron chi connectivity index (χ3n) is 4.77. The minimum Gasteiger partial charge on any atom is -0.493 e. The van der Waals surface area contributed by atoms with Gasteiger partial charge in [-0.25, -0.2) is 0 Å². The van der Waals surface area contributed by atoms with Crippen LogP contribution in [0.5, 0.6) is 5.75 Å². The van der Waals surface area contributed by atoms with Crippen molar-refractivity contribution in [2.75, 3.05) is 26.0 Å². The second-order valence-electron chi connectivity index (χ2n) is 6.85. The van der Waals surface area contributed by atoms with Gasteiger partial charge < -0.3 is 19.4 Å². The number of rotatable bonds is 6. The molecule has 2 amide bonds. The molecule has 0 aliphatic heterocycles. The van der Waals surface area contributed by atoms with Crippen LogP contribution in [0.15, 0.2) is 53.0 Å². The molecule has 0 fully saturated rings. The molecule has 29 heavy (non-hydrogen) atoms. The lowest BCUT2D eigenvalue weighted by Crippen LogP contribution is -2.34. The molecule has 6 heteroatoms. The van der Waals surface area contributed by atoms with Gasteiger partial charge in [0, 0.05) is 24.2 Å². The van der Waals surface area contributed by atoms with Crippen LogP contribution in [0.1, 0.15) is 16.9 Å². The molecule has 0 saturated heterocycles. The number of para-hydroxylation sites is 1. The lowest BCUT2D eigenvalue weighted by Gasteiger charge is -2.16. The summed E-state index contributed by atoms with van der Waals surface area (Å²) < 4.78 is 11.0. The van der Waals surface area contributed by atoms with Crippen molar-refractivity contribution in [3.8, 4) is 5.75 Å². The van der Waals surface area contributed by atoms with Crippen LogP contribution in [0, 0.1) is 13.8 Å². The monoisotopic (exact) mass is 392 g/mol. The molecule has 0 unspecified atom stereocenters. The van der Waals surface area contributed by atoms with Crippen molar-refractivity contribution in [2.45, 2.75) is 13.8 Å². The van der Waals surface area contributed by atoms with Crippen LogP contribution in [0.2, 0.25) is 0 Å². The number of benzene rings is 2. The molecule has 2 aromatic carbocycles. The van der Waals surface area contributed by atoms with Gasteiger partial charge in [-0.3, -0.25) is 9.59 Å². The Hall–Kier alpha value is -3.54. The fourth-order valence-corrected chi connectivity index (χ4v) is 2.95. The molecule has 150 valence electrons. The number of furan rings is 1. The van der Waals surface area contributed by atoms with Crippen LogP contribution >= 0.6 is 0 Å². The largest absolute Gasteiger partial charge is 0.493 e. The fourth-order valence-electron chi connectivity index (χ4n) is 2.95. The second kappa shape index (κ2) is 8.65. The molecule has 0 saturated carbocycles. The highest BCUT2D eigenvalue weighted by atomic mass is 16.5. The van der Waals surface area contributed by atoms with Gasteiger partial charge >= 0.3 is 0 Å². The van der Waals surface area contributed by atoms with Crippen molar-refractivity contribution in [1.29, 1.82) is 0 Å². The van der Waals surface area contributed by atoms with Gasteiger partial charge in [-0.15, -0.1) is 0 Å². The van der Waals surface area contributed by atoms with E-state index >= 15 is 0 Å². The van der Waals surface area contributed by atoms with E-state index in [4.69, 9.17) is 9.15 Å². The van der Waals surface area contributed by atoms with Crippen LogP contribution in [-0.2, 0) is 9.59 Å². The second-order valence-corrected chi connectivity index (χ2v) is 6.85. The highest BCUT2D eigenvalue weighted by Crippen LogP contribution is 2.28. The van der Waals surface area contributed by atoms with E-state index in [1.54, 1.807) is 20.2 Å². The summed E-state index contributed by atoms with van der Waals surface area (Å²) in [6.07, 6.45) is 2.97. The van der Waals surface area contributed by atoms with Crippen molar-refractivity contribution in [3.05, 3.63) is 65.4 Å². The number of nitrogens with zero attached hydrogens (tertiary/aromatic N) is 1. The van der Waals surface area contributed by atoms with Crippen LogP contribution in [0.25, 0.3) is 17.0 Å². The molecule has 1 aromatic heterocycles. The van der Waals surface area contributed by atoms with E-state index in [1.165, 1.54) is 11.0 Å². The molecule has 0 spiro atoms. The molecule has 1 N–H and O–H groups in total. The van der Waals surface area contributed by atoms with Crippen LogP contribution in [0.3, 0.4) is 0 Å². The zero-order valence-corrected chi connectivity index (χ0v) is 17.0. The van der Waals surface area contributed by atoms with Gasteiger partial charge in [0.2, 0.25) is 11.8 Å². The number of carbonyl (C=O) groups excluding carboxylic acids is 2. The van der Waals surface area contributed by atoms with Gasteiger partial charge in [-0.05, 0) is 49.2 Å².